The van der Waals surface area contributed by atoms with Crippen molar-refractivity contribution >= 4 is 17.1 Å². The third-order valence-electron chi connectivity index (χ3n) is 7.46. The zero-order valence-electron chi connectivity index (χ0n) is 19.6. The minimum atomic E-state index is -0.433. The first-order chi connectivity index (χ1) is 18.0. The number of aromatic nitrogens is 6. The van der Waals surface area contributed by atoms with Crippen LogP contribution in [0.15, 0.2) is 61.2 Å². The molecule has 0 saturated heterocycles. The number of hydrogen-bond donors (Lipinski definition) is 2. The van der Waals surface area contributed by atoms with Crippen molar-refractivity contribution in [3.63, 3.8) is 0 Å². The van der Waals surface area contributed by atoms with Crippen LogP contribution in [0.1, 0.15) is 41.1 Å². The second-order valence-electron chi connectivity index (χ2n) is 9.95. The van der Waals surface area contributed by atoms with E-state index >= 15 is 0 Å². The van der Waals surface area contributed by atoms with Gasteiger partial charge in [0.15, 0.2) is 11.3 Å². The zero-order chi connectivity index (χ0) is 25.1. The fourth-order valence-electron chi connectivity index (χ4n) is 5.41. The highest BCUT2D eigenvalue weighted by molar-refractivity contribution is 6.02. The van der Waals surface area contributed by atoms with Gasteiger partial charge in [-0.15, -0.1) is 0 Å². The van der Waals surface area contributed by atoms with E-state index in [9.17, 15) is 13.6 Å². The van der Waals surface area contributed by atoms with E-state index in [-0.39, 0.29) is 23.5 Å². The molecular weight excluding hydrogens is 476 g/mol. The van der Waals surface area contributed by atoms with E-state index in [0.29, 0.717) is 33.5 Å². The maximum atomic E-state index is 14.5. The highest BCUT2D eigenvalue weighted by Crippen LogP contribution is 2.64. The van der Waals surface area contributed by atoms with E-state index in [4.69, 9.17) is 0 Å². The lowest BCUT2D eigenvalue weighted by Gasteiger charge is -2.60. The number of carbonyl (C=O) groups excluding carboxylic acids is 1. The van der Waals surface area contributed by atoms with Gasteiger partial charge in [-0.25, -0.2) is 28.4 Å². The van der Waals surface area contributed by atoms with Crippen molar-refractivity contribution in [2.24, 2.45) is 5.92 Å². The number of rotatable bonds is 6. The van der Waals surface area contributed by atoms with Gasteiger partial charge in [-0.05, 0) is 78.8 Å². The van der Waals surface area contributed by atoms with Gasteiger partial charge in [0.25, 0.3) is 5.91 Å². The highest BCUT2D eigenvalue weighted by Gasteiger charge is 2.59. The van der Waals surface area contributed by atoms with Gasteiger partial charge in [-0.1, -0.05) is 0 Å². The first kappa shape index (κ1) is 21.8. The zero-order valence-corrected chi connectivity index (χ0v) is 19.6. The fraction of sp³-hybridized carbons (Fsp3) is 0.222. The lowest BCUT2D eigenvalue weighted by Crippen LogP contribution is -2.55. The molecule has 8 nitrogen and oxygen atoms in total. The predicted molar refractivity (Wildman–Crippen MR) is 131 cm³/mol. The lowest BCUT2D eigenvalue weighted by molar-refractivity contribution is -0.0337. The van der Waals surface area contributed by atoms with Crippen LogP contribution in [-0.4, -0.2) is 35.6 Å². The van der Waals surface area contributed by atoms with Gasteiger partial charge < -0.3 is 10.3 Å². The molecule has 2 bridgehead atoms. The van der Waals surface area contributed by atoms with Crippen molar-refractivity contribution in [1.82, 2.24) is 35.0 Å². The average molecular weight is 498 g/mol. The molecular formula is C27H21F2N7O. The average Bonchev–Trinajstić information content (AvgIpc) is 3.48. The van der Waals surface area contributed by atoms with Crippen molar-refractivity contribution in [1.29, 1.82) is 0 Å². The number of aromatic amines is 1. The SMILES string of the molecule is O=C(NCc1cc(F)cc(-c2cnn(-c3ccc(F)cc3)c2)c1)c1ncnc2nc(C34CC(C3)C4)[nH]c12. The second-order valence-corrected chi connectivity index (χ2v) is 9.95. The molecule has 2 aromatic carbocycles. The van der Waals surface area contributed by atoms with Crippen molar-refractivity contribution in [2.75, 3.05) is 0 Å². The van der Waals surface area contributed by atoms with Crippen LogP contribution in [0.3, 0.4) is 0 Å². The van der Waals surface area contributed by atoms with Crippen molar-refractivity contribution in [2.45, 2.75) is 31.2 Å². The minimum absolute atomic E-state index is 0.105. The summed E-state index contributed by atoms with van der Waals surface area (Å²) in [6.07, 6.45) is 8.08. The smallest absolute Gasteiger partial charge is 0.272 e. The molecule has 5 aromatic rings. The van der Waals surface area contributed by atoms with Crippen LogP contribution in [0, 0.1) is 17.6 Å². The quantitative estimate of drug-likeness (QED) is 0.361. The Bertz CT molecular complexity index is 1660. The molecule has 37 heavy (non-hydrogen) atoms. The molecule has 3 heterocycles. The van der Waals surface area contributed by atoms with E-state index in [2.05, 4.69) is 30.4 Å². The number of hydrogen-bond acceptors (Lipinski definition) is 5. The van der Waals surface area contributed by atoms with Crippen LogP contribution >= 0.6 is 0 Å². The minimum Gasteiger partial charge on any atom is -0.347 e. The van der Waals surface area contributed by atoms with E-state index in [1.165, 1.54) is 30.6 Å². The predicted octanol–water partition coefficient (Wildman–Crippen LogP) is 4.47. The number of fused-ring (bicyclic) bond motifs is 1. The van der Waals surface area contributed by atoms with Crippen molar-refractivity contribution < 1.29 is 13.6 Å². The molecule has 3 aliphatic rings. The summed E-state index contributed by atoms with van der Waals surface area (Å²) in [5.74, 6) is 0.525. The van der Waals surface area contributed by atoms with Gasteiger partial charge in [0.1, 0.15) is 29.3 Å². The number of halogens is 2. The molecule has 10 heteroatoms. The highest BCUT2D eigenvalue weighted by atomic mass is 19.1. The number of nitrogens with zero attached hydrogens (tertiary/aromatic N) is 5. The molecule has 0 spiro atoms. The van der Waals surface area contributed by atoms with Crippen LogP contribution in [0.25, 0.3) is 28.0 Å². The van der Waals surface area contributed by atoms with Gasteiger partial charge >= 0.3 is 0 Å². The van der Waals surface area contributed by atoms with Gasteiger partial charge in [0.2, 0.25) is 0 Å². The number of amides is 1. The monoisotopic (exact) mass is 497 g/mol. The third-order valence-corrected chi connectivity index (χ3v) is 7.46. The molecule has 3 aromatic heterocycles. The Balaban J connectivity index is 1.10. The summed E-state index contributed by atoms with van der Waals surface area (Å²) >= 11 is 0. The van der Waals surface area contributed by atoms with E-state index in [0.717, 1.165) is 31.0 Å². The molecule has 8 rings (SSSR count). The summed E-state index contributed by atoms with van der Waals surface area (Å²) in [7, 11) is 0. The number of H-pyrrole nitrogens is 1. The van der Waals surface area contributed by atoms with Crippen molar-refractivity contribution in [3.8, 4) is 16.8 Å². The number of carbonyl (C=O) groups is 1. The molecule has 0 aliphatic heterocycles. The van der Waals surface area contributed by atoms with Crippen molar-refractivity contribution in [3.05, 3.63) is 89.9 Å². The Morgan fingerprint density at radius 1 is 1.05 bits per heavy atom. The molecule has 1 amide bonds. The molecule has 3 saturated carbocycles. The summed E-state index contributed by atoms with van der Waals surface area (Å²) in [5.41, 5.74) is 3.89. The van der Waals surface area contributed by atoms with Gasteiger partial charge in [0, 0.05) is 23.7 Å². The lowest BCUT2D eigenvalue weighted by atomic mass is 9.44. The summed E-state index contributed by atoms with van der Waals surface area (Å²) in [6, 6.07) is 10.5. The van der Waals surface area contributed by atoms with Gasteiger partial charge in [-0.3, -0.25) is 4.79 Å². The van der Waals surface area contributed by atoms with E-state index < -0.39 is 11.7 Å². The second kappa shape index (κ2) is 8.02. The maximum absolute atomic E-state index is 14.5. The maximum Gasteiger partial charge on any atom is 0.272 e. The Hall–Kier alpha value is -4.47. The summed E-state index contributed by atoms with van der Waals surface area (Å²) < 4.78 is 29.3. The molecule has 3 aliphatic carbocycles. The van der Waals surface area contributed by atoms with E-state index in [1.54, 1.807) is 35.3 Å². The topological polar surface area (TPSA) is 101 Å². The fourth-order valence-corrected chi connectivity index (χ4v) is 5.41. The largest absolute Gasteiger partial charge is 0.347 e. The molecule has 0 unspecified atom stereocenters. The first-order valence-corrected chi connectivity index (χ1v) is 12.1. The standard InChI is InChI=1S/C27H21F2N7O/c28-19-1-3-21(4-2-19)36-13-18(12-33-36)17-5-15(6-20(29)7-17)11-30-25(37)23-22-24(32-14-31-23)35-26(34-22)27-8-16(9-27)10-27/h1-7,12-14,16H,8-11H2,(H,30,37)(H,31,32,34,35). The Kier molecular flexibility index (Phi) is 4.72. The Morgan fingerprint density at radius 3 is 2.62 bits per heavy atom. The van der Waals surface area contributed by atoms with Crippen LogP contribution in [0.4, 0.5) is 8.78 Å². The van der Waals surface area contributed by atoms with Gasteiger partial charge in [-0.2, -0.15) is 5.10 Å². The molecule has 2 N–H and O–H groups in total. The van der Waals surface area contributed by atoms with Crippen LogP contribution in [0.2, 0.25) is 0 Å². The van der Waals surface area contributed by atoms with Crippen LogP contribution < -0.4 is 5.32 Å². The summed E-state index contributed by atoms with van der Waals surface area (Å²) in [6.45, 7) is 0.105. The van der Waals surface area contributed by atoms with Gasteiger partial charge in [0.05, 0.1) is 11.9 Å². The molecule has 0 radical (unpaired) electrons. The summed E-state index contributed by atoms with van der Waals surface area (Å²) in [4.78, 5) is 29.4. The molecule has 3 fully saturated rings. The van der Waals surface area contributed by atoms with E-state index in [1.807, 2.05) is 0 Å². The Morgan fingerprint density at radius 2 is 1.86 bits per heavy atom. The number of imidazole rings is 1. The van der Waals surface area contributed by atoms with Crippen LogP contribution in [-0.2, 0) is 12.0 Å². The molecule has 0 atom stereocenters. The molecule has 184 valence electrons. The number of nitrogens with one attached hydrogen (secondary N) is 2. The normalized spacial score (nSPS) is 19.9. The Labute approximate surface area is 209 Å². The first-order valence-electron chi connectivity index (χ1n) is 12.1. The van der Waals surface area contributed by atoms with Crippen LogP contribution in [0.5, 0.6) is 0 Å². The summed E-state index contributed by atoms with van der Waals surface area (Å²) in [5, 5.41) is 7.14. The number of benzene rings is 2. The third kappa shape index (κ3) is 3.67.